The van der Waals surface area contributed by atoms with Crippen molar-refractivity contribution >= 4 is 0 Å². The van der Waals surface area contributed by atoms with Gasteiger partial charge in [0.2, 0.25) is 5.89 Å². The molecule has 5 atom stereocenters. The molecule has 2 saturated carbocycles. The Morgan fingerprint density at radius 1 is 1.18 bits per heavy atom. The van der Waals surface area contributed by atoms with Crippen LogP contribution in [0.5, 0.6) is 0 Å². The predicted molar refractivity (Wildman–Crippen MR) is 58.4 cm³/mol. The van der Waals surface area contributed by atoms with E-state index in [0.29, 0.717) is 18.2 Å². The van der Waals surface area contributed by atoms with Gasteiger partial charge in [0.25, 0.3) is 0 Å². The Morgan fingerprint density at radius 2 is 1.88 bits per heavy atom. The first kappa shape index (κ1) is 10.00. The third kappa shape index (κ3) is 1.59. The molecule has 2 aliphatic carbocycles. The summed E-state index contributed by atoms with van der Waals surface area (Å²) < 4.78 is 18.1. The van der Waals surface area contributed by atoms with Gasteiger partial charge in [-0.2, -0.15) is 4.98 Å². The standard InChI is InChI=1S/C12H16FN3O/c13-10-3-9(10)12-15-11(16-17-12)6-1-7-4-14-5-8(7)2-6/h6-10,14H,1-5H2/t6-,7+,8-,9-,10+/m1/s1. The van der Waals surface area contributed by atoms with Gasteiger partial charge in [-0.25, -0.2) is 4.39 Å². The van der Waals surface area contributed by atoms with E-state index < -0.39 is 6.17 Å². The van der Waals surface area contributed by atoms with Gasteiger partial charge in [-0.05, 0) is 44.2 Å². The highest BCUT2D eigenvalue weighted by Gasteiger charge is 2.45. The molecule has 92 valence electrons. The molecule has 0 amide bonds. The van der Waals surface area contributed by atoms with E-state index in [2.05, 4.69) is 15.5 Å². The summed E-state index contributed by atoms with van der Waals surface area (Å²) in [6.45, 7) is 2.25. The van der Waals surface area contributed by atoms with E-state index in [0.717, 1.165) is 43.6 Å². The first-order valence-electron chi connectivity index (χ1n) is 6.49. The topological polar surface area (TPSA) is 51.0 Å². The van der Waals surface area contributed by atoms with Crippen LogP contribution in [-0.4, -0.2) is 29.4 Å². The highest BCUT2D eigenvalue weighted by atomic mass is 19.1. The lowest BCUT2D eigenvalue weighted by Crippen LogP contribution is -2.11. The third-order valence-electron chi connectivity index (χ3n) is 4.51. The molecule has 17 heavy (non-hydrogen) atoms. The van der Waals surface area contributed by atoms with E-state index >= 15 is 0 Å². The zero-order valence-electron chi connectivity index (χ0n) is 9.60. The Labute approximate surface area is 99.0 Å². The molecule has 0 unspecified atom stereocenters. The lowest BCUT2D eigenvalue weighted by molar-refractivity contribution is 0.356. The van der Waals surface area contributed by atoms with Gasteiger partial charge in [0.05, 0.1) is 5.92 Å². The fraction of sp³-hybridized carbons (Fsp3) is 0.833. The van der Waals surface area contributed by atoms with Gasteiger partial charge in [-0.3, -0.25) is 0 Å². The first-order chi connectivity index (χ1) is 8.31. The molecule has 1 N–H and O–H groups in total. The smallest absolute Gasteiger partial charge is 0.232 e. The van der Waals surface area contributed by atoms with Gasteiger partial charge < -0.3 is 9.84 Å². The molecule has 1 saturated heterocycles. The summed E-state index contributed by atoms with van der Waals surface area (Å²) in [7, 11) is 0. The van der Waals surface area contributed by atoms with Crippen molar-refractivity contribution in [1.29, 1.82) is 0 Å². The molecule has 2 heterocycles. The van der Waals surface area contributed by atoms with Crippen molar-refractivity contribution in [2.24, 2.45) is 11.8 Å². The predicted octanol–water partition coefficient (Wildman–Crippen LogP) is 1.61. The summed E-state index contributed by atoms with van der Waals surface area (Å²) in [5, 5.41) is 7.47. The van der Waals surface area contributed by atoms with Crippen LogP contribution in [0.15, 0.2) is 4.52 Å². The zero-order chi connectivity index (χ0) is 11.4. The lowest BCUT2D eigenvalue weighted by atomic mass is 10.0. The Kier molecular flexibility index (Phi) is 2.06. The summed E-state index contributed by atoms with van der Waals surface area (Å²) in [5.41, 5.74) is 0. The lowest BCUT2D eigenvalue weighted by Gasteiger charge is -2.04. The van der Waals surface area contributed by atoms with E-state index in [1.165, 1.54) is 0 Å². The molecule has 4 nitrogen and oxygen atoms in total. The van der Waals surface area contributed by atoms with Crippen molar-refractivity contribution in [3.63, 3.8) is 0 Å². The monoisotopic (exact) mass is 237 g/mol. The minimum Gasteiger partial charge on any atom is -0.339 e. The quantitative estimate of drug-likeness (QED) is 0.849. The molecule has 1 aromatic heterocycles. The Hall–Kier alpha value is -0.970. The van der Waals surface area contributed by atoms with E-state index in [4.69, 9.17) is 4.52 Å². The van der Waals surface area contributed by atoms with Crippen molar-refractivity contribution in [2.75, 3.05) is 13.1 Å². The largest absolute Gasteiger partial charge is 0.339 e. The molecule has 3 fully saturated rings. The maximum atomic E-state index is 12.9. The summed E-state index contributed by atoms with van der Waals surface area (Å²) in [6, 6.07) is 0. The molecule has 3 aliphatic rings. The third-order valence-corrected chi connectivity index (χ3v) is 4.51. The van der Waals surface area contributed by atoms with Crippen molar-refractivity contribution in [1.82, 2.24) is 15.5 Å². The molecule has 5 heteroatoms. The van der Waals surface area contributed by atoms with Crippen molar-refractivity contribution < 1.29 is 8.91 Å². The molecule has 0 radical (unpaired) electrons. The number of nitrogens with zero attached hydrogens (tertiary/aromatic N) is 2. The second-order valence-corrected chi connectivity index (χ2v) is 5.70. The Bertz CT molecular complexity index is 423. The van der Waals surface area contributed by atoms with Crippen LogP contribution in [-0.2, 0) is 0 Å². The number of fused-ring (bicyclic) bond motifs is 1. The number of aromatic nitrogens is 2. The van der Waals surface area contributed by atoms with E-state index in [1.54, 1.807) is 0 Å². The highest BCUT2D eigenvalue weighted by Crippen LogP contribution is 2.45. The van der Waals surface area contributed by atoms with Crippen molar-refractivity contribution in [2.45, 2.75) is 37.3 Å². The van der Waals surface area contributed by atoms with Crippen LogP contribution in [0.4, 0.5) is 4.39 Å². The zero-order valence-corrected chi connectivity index (χ0v) is 9.60. The highest BCUT2D eigenvalue weighted by molar-refractivity contribution is 5.11. The maximum absolute atomic E-state index is 12.9. The Morgan fingerprint density at radius 3 is 2.53 bits per heavy atom. The molecule has 1 aliphatic heterocycles. The van der Waals surface area contributed by atoms with E-state index in [-0.39, 0.29) is 5.92 Å². The molecular weight excluding hydrogens is 221 g/mol. The second kappa shape index (κ2) is 3.51. The van der Waals surface area contributed by atoms with Crippen LogP contribution in [0.25, 0.3) is 0 Å². The first-order valence-corrected chi connectivity index (χ1v) is 6.49. The number of hydrogen-bond acceptors (Lipinski definition) is 4. The number of alkyl halides is 1. The summed E-state index contributed by atoms with van der Waals surface area (Å²) in [4.78, 5) is 4.39. The normalized spacial score (nSPS) is 43.9. The van der Waals surface area contributed by atoms with Crippen molar-refractivity contribution in [3.05, 3.63) is 11.7 Å². The van der Waals surface area contributed by atoms with Crippen LogP contribution < -0.4 is 5.32 Å². The molecule has 4 rings (SSSR count). The van der Waals surface area contributed by atoms with Gasteiger partial charge >= 0.3 is 0 Å². The minimum absolute atomic E-state index is 0.112. The van der Waals surface area contributed by atoms with E-state index in [9.17, 15) is 4.39 Å². The van der Waals surface area contributed by atoms with Gasteiger partial charge in [-0.1, -0.05) is 5.16 Å². The van der Waals surface area contributed by atoms with Gasteiger partial charge in [0.1, 0.15) is 6.17 Å². The van der Waals surface area contributed by atoms with Crippen LogP contribution in [0, 0.1) is 11.8 Å². The molecule has 1 aromatic rings. The fourth-order valence-electron chi connectivity index (χ4n) is 3.36. The molecular formula is C12H16FN3O. The Balaban J connectivity index is 1.50. The molecule has 0 spiro atoms. The average Bonchev–Trinajstić information content (AvgIpc) is 2.80. The van der Waals surface area contributed by atoms with Gasteiger partial charge in [0.15, 0.2) is 5.82 Å². The number of hydrogen-bond donors (Lipinski definition) is 1. The summed E-state index contributed by atoms with van der Waals surface area (Å²) >= 11 is 0. The van der Waals surface area contributed by atoms with Gasteiger partial charge in [-0.15, -0.1) is 0 Å². The molecule has 0 aromatic carbocycles. The van der Waals surface area contributed by atoms with Crippen LogP contribution in [0.1, 0.15) is 42.8 Å². The average molecular weight is 237 g/mol. The van der Waals surface area contributed by atoms with Gasteiger partial charge in [0, 0.05) is 5.92 Å². The maximum Gasteiger partial charge on any atom is 0.232 e. The van der Waals surface area contributed by atoms with Crippen LogP contribution >= 0.6 is 0 Å². The second-order valence-electron chi connectivity index (χ2n) is 5.70. The SMILES string of the molecule is F[C@H]1C[C@H]1c1nc([C@@H]2C[C@H]3CNC[C@H]3C2)no1. The number of nitrogens with one attached hydrogen (secondary N) is 1. The van der Waals surface area contributed by atoms with Crippen LogP contribution in [0.3, 0.4) is 0 Å². The summed E-state index contributed by atoms with van der Waals surface area (Å²) in [5.74, 6) is 3.20. The fourth-order valence-corrected chi connectivity index (χ4v) is 3.36. The number of halogens is 1. The summed E-state index contributed by atoms with van der Waals surface area (Å²) in [6.07, 6.45) is 2.11. The molecule has 0 bridgehead atoms. The minimum atomic E-state index is -0.754. The number of rotatable bonds is 2. The van der Waals surface area contributed by atoms with Crippen LogP contribution in [0.2, 0.25) is 0 Å². The van der Waals surface area contributed by atoms with E-state index in [1.807, 2.05) is 0 Å². The van der Waals surface area contributed by atoms with Crippen molar-refractivity contribution in [3.8, 4) is 0 Å².